The van der Waals surface area contributed by atoms with Crippen LogP contribution in [0.5, 0.6) is 17.4 Å². The number of benzene rings is 2. The number of aryl methyl sites for hydroxylation is 1. The Kier molecular flexibility index (Phi) is 7.46. The topological polar surface area (TPSA) is 99.0 Å². The van der Waals surface area contributed by atoms with Crippen LogP contribution in [-0.4, -0.2) is 43.9 Å². The number of anilines is 2. The van der Waals surface area contributed by atoms with Crippen LogP contribution in [0, 0.1) is 5.82 Å². The molecule has 12 heteroatoms. The van der Waals surface area contributed by atoms with Crippen molar-refractivity contribution in [2.24, 2.45) is 7.05 Å². The highest BCUT2D eigenvalue weighted by molar-refractivity contribution is 6.32. The average molecular weight is 556 g/mol. The number of hydrogen-bond donors (Lipinski definition) is 2. The van der Waals surface area contributed by atoms with E-state index in [0.29, 0.717) is 28.5 Å². The molecule has 38 heavy (non-hydrogen) atoms. The number of pyridine rings is 1. The van der Waals surface area contributed by atoms with Crippen molar-refractivity contribution in [2.45, 2.75) is 18.9 Å². The summed E-state index contributed by atoms with van der Waals surface area (Å²) < 4.78 is 28.8. The molecular weight excluding hydrogens is 532 g/mol. The van der Waals surface area contributed by atoms with Gasteiger partial charge in [0.1, 0.15) is 35.3 Å². The van der Waals surface area contributed by atoms with Crippen molar-refractivity contribution in [1.82, 2.24) is 30.0 Å². The zero-order valence-corrected chi connectivity index (χ0v) is 21.9. The van der Waals surface area contributed by atoms with Gasteiger partial charge in [0.25, 0.3) is 0 Å². The van der Waals surface area contributed by atoms with Gasteiger partial charge in [-0.25, -0.2) is 19.3 Å². The second-order valence-electron chi connectivity index (χ2n) is 8.82. The molecule has 0 aliphatic carbocycles. The van der Waals surface area contributed by atoms with E-state index in [2.05, 4.69) is 30.7 Å². The number of hydrogen-bond acceptors (Lipinski definition) is 8. The van der Waals surface area contributed by atoms with Gasteiger partial charge in [0.2, 0.25) is 5.88 Å². The molecule has 0 spiro atoms. The van der Waals surface area contributed by atoms with E-state index in [0.717, 1.165) is 36.8 Å². The lowest BCUT2D eigenvalue weighted by atomic mass is 10.1. The maximum Gasteiger partial charge on any atom is 0.214 e. The van der Waals surface area contributed by atoms with Gasteiger partial charge in [-0.2, -0.15) is 5.10 Å². The minimum Gasteiger partial charge on any atom is -0.474 e. The molecule has 0 unspecified atom stereocenters. The van der Waals surface area contributed by atoms with Gasteiger partial charge >= 0.3 is 0 Å². The average Bonchev–Trinajstić information content (AvgIpc) is 3.27. The Balaban J connectivity index is 0.00000294. The van der Waals surface area contributed by atoms with E-state index in [1.807, 2.05) is 25.4 Å². The first-order valence-corrected chi connectivity index (χ1v) is 12.3. The van der Waals surface area contributed by atoms with Gasteiger partial charge < -0.3 is 20.1 Å². The second kappa shape index (κ2) is 10.9. The molecule has 2 N–H and O–H groups in total. The minimum absolute atomic E-state index is 0. The van der Waals surface area contributed by atoms with Crippen LogP contribution >= 0.6 is 24.0 Å². The summed E-state index contributed by atoms with van der Waals surface area (Å²) in [4.78, 5) is 13.2. The molecule has 9 nitrogen and oxygen atoms in total. The van der Waals surface area contributed by atoms with Gasteiger partial charge in [0, 0.05) is 36.8 Å². The fraction of sp³-hybridized carbons (Fsp3) is 0.231. The molecule has 6 rings (SSSR count). The van der Waals surface area contributed by atoms with Crippen molar-refractivity contribution in [3.05, 3.63) is 65.8 Å². The zero-order chi connectivity index (χ0) is 25.4. The number of rotatable bonds is 6. The SMILES string of the molecule is Cl.Cn1cc2ccc(Oc3cc(F)c(Nc4ncnc5ccc(OC6CCNCC6)nc45)cc3Cl)cc2n1. The lowest BCUT2D eigenvalue weighted by molar-refractivity contribution is 0.156. The maximum atomic E-state index is 15.2. The highest BCUT2D eigenvalue weighted by Gasteiger charge is 2.17. The number of halogens is 3. The fourth-order valence-electron chi connectivity index (χ4n) is 4.30. The van der Waals surface area contributed by atoms with E-state index >= 15 is 4.39 Å². The quantitative estimate of drug-likeness (QED) is 0.271. The van der Waals surface area contributed by atoms with E-state index < -0.39 is 5.82 Å². The molecule has 0 atom stereocenters. The summed E-state index contributed by atoms with van der Waals surface area (Å²) in [5, 5.41) is 11.9. The Labute approximate surface area is 228 Å². The van der Waals surface area contributed by atoms with Crippen LogP contribution in [-0.2, 0) is 7.05 Å². The van der Waals surface area contributed by atoms with Crippen LogP contribution in [0.3, 0.4) is 0 Å². The van der Waals surface area contributed by atoms with Gasteiger partial charge in [-0.1, -0.05) is 11.6 Å². The highest BCUT2D eigenvalue weighted by Crippen LogP contribution is 2.36. The normalized spacial score (nSPS) is 13.9. The molecule has 1 aliphatic heterocycles. The van der Waals surface area contributed by atoms with Crippen molar-refractivity contribution in [2.75, 3.05) is 18.4 Å². The summed E-state index contributed by atoms with van der Waals surface area (Å²) in [6, 6.07) is 11.7. The molecule has 3 aromatic heterocycles. The van der Waals surface area contributed by atoms with E-state index in [4.69, 9.17) is 21.1 Å². The molecular formula is C26H24Cl2FN7O2. The van der Waals surface area contributed by atoms with Crippen molar-refractivity contribution in [1.29, 1.82) is 0 Å². The van der Waals surface area contributed by atoms with Crippen molar-refractivity contribution in [3.8, 4) is 17.4 Å². The molecule has 5 aromatic rings. The number of nitrogens with zero attached hydrogens (tertiary/aromatic N) is 5. The predicted molar refractivity (Wildman–Crippen MR) is 147 cm³/mol. The Hall–Kier alpha value is -3.73. The molecule has 0 bridgehead atoms. The molecule has 4 heterocycles. The third kappa shape index (κ3) is 5.42. The number of fused-ring (bicyclic) bond motifs is 2. The third-order valence-electron chi connectivity index (χ3n) is 6.13. The molecule has 1 saturated heterocycles. The molecule has 1 aliphatic rings. The first kappa shape index (κ1) is 25.9. The summed E-state index contributed by atoms with van der Waals surface area (Å²) in [5.74, 6) is 0.936. The second-order valence-corrected chi connectivity index (χ2v) is 9.23. The Morgan fingerprint density at radius 1 is 1.08 bits per heavy atom. The number of aromatic nitrogens is 5. The van der Waals surface area contributed by atoms with E-state index in [1.165, 1.54) is 18.5 Å². The standard InChI is InChI=1S/C26H23ClFN7O2.ClH/c1-35-13-15-2-3-17(10-21(15)34-35)36-23-12-19(28)22(11-18(23)27)32-26-25-20(30-14-31-26)4-5-24(33-25)37-16-6-8-29-9-7-16;/h2-5,10-14,16,29H,6-9H2,1H3,(H,30,31,32);1H. The number of ether oxygens (including phenoxy) is 2. The molecule has 0 radical (unpaired) electrons. The fourth-order valence-corrected chi connectivity index (χ4v) is 4.51. The van der Waals surface area contributed by atoms with Crippen molar-refractivity contribution >= 4 is 57.4 Å². The van der Waals surface area contributed by atoms with Crippen molar-refractivity contribution in [3.63, 3.8) is 0 Å². The van der Waals surface area contributed by atoms with Crippen LogP contribution in [0.15, 0.2) is 55.0 Å². The van der Waals surface area contributed by atoms with Crippen LogP contribution in [0.2, 0.25) is 5.02 Å². The van der Waals surface area contributed by atoms with E-state index in [9.17, 15) is 0 Å². The summed E-state index contributed by atoms with van der Waals surface area (Å²) in [6.45, 7) is 1.82. The summed E-state index contributed by atoms with van der Waals surface area (Å²) in [7, 11) is 1.84. The number of piperidine rings is 1. The van der Waals surface area contributed by atoms with Gasteiger partial charge in [0.05, 0.1) is 21.7 Å². The Morgan fingerprint density at radius 2 is 1.92 bits per heavy atom. The van der Waals surface area contributed by atoms with Gasteiger partial charge in [0.15, 0.2) is 5.82 Å². The zero-order valence-electron chi connectivity index (χ0n) is 20.3. The lowest BCUT2D eigenvalue weighted by Crippen LogP contribution is -2.34. The monoisotopic (exact) mass is 555 g/mol. The van der Waals surface area contributed by atoms with Crippen LogP contribution < -0.4 is 20.1 Å². The molecule has 1 fully saturated rings. The Bertz CT molecular complexity index is 1610. The smallest absolute Gasteiger partial charge is 0.214 e. The largest absolute Gasteiger partial charge is 0.474 e. The third-order valence-corrected chi connectivity index (χ3v) is 6.42. The van der Waals surface area contributed by atoms with Gasteiger partial charge in [-0.15, -0.1) is 12.4 Å². The predicted octanol–water partition coefficient (Wildman–Crippen LogP) is 5.79. The summed E-state index contributed by atoms with van der Waals surface area (Å²) in [6.07, 6.45) is 5.20. The first-order valence-electron chi connectivity index (χ1n) is 11.9. The lowest BCUT2D eigenvalue weighted by Gasteiger charge is -2.23. The summed E-state index contributed by atoms with van der Waals surface area (Å²) >= 11 is 6.47. The van der Waals surface area contributed by atoms with E-state index in [-0.39, 0.29) is 35.0 Å². The maximum absolute atomic E-state index is 15.2. The minimum atomic E-state index is -0.563. The van der Waals surface area contributed by atoms with Gasteiger partial charge in [-0.05, 0) is 50.2 Å². The summed E-state index contributed by atoms with van der Waals surface area (Å²) in [5.41, 5.74) is 1.96. The van der Waals surface area contributed by atoms with Crippen molar-refractivity contribution < 1.29 is 13.9 Å². The number of nitrogens with one attached hydrogen (secondary N) is 2. The molecule has 196 valence electrons. The van der Waals surface area contributed by atoms with Crippen LogP contribution in [0.4, 0.5) is 15.9 Å². The van der Waals surface area contributed by atoms with Crippen LogP contribution in [0.25, 0.3) is 21.9 Å². The molecule has 0 amide bonds. The first-order chi connectivity index (χ1) is 18.0. The molecule has 2 aromatic carbocycles. The van der Waals surface area contributed by atoms with Crippen LogP contribution in [0.1, 0.15) is 12.8 Å². The van der Waals surface area contributed by atoms with Gasteiger partial charge in [-0.3, -0.25) is 4.68 Å². The Morgan fingerprint density at radius 3 is 2.76 bits per heavy atom. The highest BCUT2D eigenvalue weighted by atomic mass is 35.5. The molecule has 0 saturated carbocycles. The van der Waals surface area contributed by atoms with E-state index in [1.54, 1.807) is 22.9 Å².